The lowest BCUT2D eigenvalue weighted by molar-refractivity contribution is -0.137. The Labute approximate surface area is 221 Å². The monoisotopic (exact) mass is 548 g/mol. The molecule has 0 spiro atoms. The molecule has 0 saturated carbocycles. The normalized spacial score (nSPS) is 17.1. The van der Waals surface area contributed by atoms with Crippen molar-refractivity contribution in [2.24, 2.45) is 0 Å². The van der Waals surface area contributed by atoms with E-state index in [1.54, 1.807) is 24.3 Å². The van der Waals surface area contributed by atoms with Crippen molar-refractivity contribution in [1.82, 2.24) is 15.6 Å². The Kier molecular flexibility index (Phi) is 8.08. The van der Waals surface area contributed by atoms with Crippen molar-refractivity contribution >= 4 is 34.8 Å². The van der Waals surface area contributed by atoms with E-state index in [-0.39, 0.29) is 35.8 Å². The second-order valence-electron chi connectivity index (χ2n) is 8.64. The summed E-state index contributed by atoms with van der Waals surface area (Å²) in [7, 11) is 1.46. The predicted molar refractivity (Wildman–Crippen MR) is 134 cm³/mol. The van der Waals surface area contributed by atoms with Gasteiger partial charge in [-0.3, -0.25) is 14.6 Å². The number of pyridine rings is 1. The summed E-state index contributed by atoms with van der Waals surface area (Å²) in [4.78, 5) is 29.9. The van der Waals surface area contributed by atoms with Crippen LogP contribution in [0.25, 0.3) is 0 Å². The molecule has 8 nitrogen and oxygen atoms in total. The molecule has 1 aromatic heterocycles. The summed E-state index contributed by atoms with van der Waals surface area (Å²) < 4.78 is 50.6. The molecule has 2 amide bonds. The summed E-state index contributed by atoms with van der Waals surface area (Å²) in [6.07, 6.45) is -1.46. The zero-order valence-electron chi connectivity index (χ0n) is 20.2. The fraction of sp³-hybridized carbons (Fsp3) is 0.269. The summed E-state index contributed by atoms with van der Waals surface area (Å²) >= 11 is 5.73. The number of carbonyl (C=O) groups is 2. The highest BCUT2D eigenvalue weighted by molar-refractivity contribution is 6.30. The number of ether oxygens (including phenoxy) is 2. The molecule has 1 unspecified atom stereocenters. The molecule has 38 heavy (non-hydrogen) atoms. The molecule has 0 aliphatic carbocycles. The zero-order chi connectivity index (χ0) is 27.3. The van der Waals surface area contributed by atoms with Gasteiger partial charge in [0.05, 0.1) is 36.7 Å². The van der Waals surface area contributed by atoms with E-state index in [2.05, 4.69) is 20.9 Å². The number of aromatic nitrogens is 1. The van der Waals surface area contributed by atoms with Crippen LogP contribution in [0.1, 0.15) is 27.9 Å². The summed E-state index contributed by atoms with van der Waals surface area (Å²) in [6, 6.07) is 11.5. The topological polar surface area (TPSA) is 102 Å². The molecule has 1 aliphatic rings. The number of halogens is 4. The van der Waals surface area contributed by atoms with Crippen LogP contribution >= 0.6 is 11.6 Å². The highest BCUT2D eigenvalue weighted by atomic mass is 35.5. The second kappa shape index (κ2) is 11.3. The lowest BCUT2D eigenvalue weighted by Crippen LogP contribution is -2.59. The number of benzene rings is 2. The van der Waals surface area contributed by atoms with Crippen LogP contribution in [0.2, 0.25) is 5.02 Å². The average molecular weight is 549 g/mol. The van der Waals surface area contributed by atoms with Crippen LogP contribution in [0.15, 0.2) is 60.9 Å². The van der Waals surface area contributed by atoms with Crippen LogP contribution in [-0.4, -0.2) is 42.7 Å². The van der Waals surface area contributed by atoms with Crippen molar-refractivity contribution in [3.63, 3.8) is 0 Å². The number of methoxy groups -OCH3 is 1. The predicted octanol–water partition coefficient (Wildman–Crippen LogP) is 4.71. The van der Waals surface area contributed by atoms with Gasteiger partial charge in [0.1, 0.15) is 11.3 Å². The molecular formula is C26H24ClF3N4O4. The first kappa shape index (κ1) is 27.2. The van der Waals surface area contributed by atoms with E-state index in [1.165, 1.54) is 37.7 Å². The van der Waals surface area contributed by atoms with Crippen molar-refractivity contribution < 1.29 is 32.2 Å². The average Bonchev–Trinajstić information content (AvgIpc) is 3.38. The van der Waals surface area contributed by atoms with Gasteiger partial charge in [0.2, 0.25) is 5.91 Å². The van der Waals surface area contributed by atoms with E-state index in [1.807, 2.05) is 0 Å². The number of carbonyl (C=O) groups excluding carboxylic acids is 2. The van der Waals surface area contributed by atoms with Gasteiger partial charge in [-0.25, -0.2) is 0 Å². The van der Waals surface area contributed by atoms with E-state index in [9.17, 15) is 22.8 Å². The van der Waals surface area contributed by atoms with Crippen molar-refractivity contribution in [3.8, 4) is 5.75 Å². The van der Waals surface area contributed by atoms with E-state index in [0.717, 1.165) is 6.07 Å². The SMILES string of the molecule is COc1cncc(C(=O)NC2(C(=O)NCc3ccc(Nc4ccc(Cl)cc4C(F)(F)F)cc3)CCOC2)c1. The van der Waals surface area contributed by atoms with E-state index < -0.39 is 29.1 Å². The molecule has 12 heteroatoms. The summed E-state index contributed by atoms with van der Waals surface area (Å²) in [5, 5.41) is 8.31. The zero-order valence-corrected chi connectivity index (χ0v) is 20.9. The Hall–Kier alpha value is -3.83. The number of alkyl halides is 3. The Morgan fingerprint density at radius 3 is 2.55 bits per heavy atom. The Morgan fingerprint density at radius 2 is 1.89 bits per heavy atom. The Bertz CT molecular complexity index is 1310. The number of anilines is 2. The molecule has 0 bridgehead atoms. The first-order valence-electron chi connectivity index (χ1n) is 11.5. The lowest BCUT2D eigenvalue weighted by Gasteiger charge is -2.27. The van der Waals surface area contributed by atoms with Crippen molar-refractivity contribution in [2.45, 2.75) is 24.7 Å². The highest BCUT2D eigenvalue weighted by Crippen LogP contribution is 2.37. The third kappa shape index (κ3) is 6.35. The molecule has 2 aromatic carbocycles. The highest BCUT2D eigenvalue weighted by Gasteiger charge is 2.43. The molecule has 1 atom stereocenters. The van der Waals surface area contributed by atoms with Crippen molar-refractivity contribution in [3.05, 3.63) is 82.6 Å². The number of amides is 2. The standard InChI is InChI=1S/C26H24ClF3N4O4/c1-37-20-10-17(13-31-14-20)23(35)34-25(8-9-38-15-25)24(36)32-12-16-2-5-19(6-3-16)33-22-7-4-18(27)11-21(22)26(28,29)30/h2-7,10-11,13-14,33H,8-9,12,15H2,1H3,(H,32,36)(H,34,35). The number of hydrogen-bond donors (Lipinski definition) is 3. The van der Waals surface area contributed by atoms with Gasteiger partial charge in [-0.05, 0) is 42.0 Å². The molecular weight excluding hydrogens is 525 g/mol. The third-order valence-electron chi connectivity index (χ3n) is 5.99. The van der Waals surface area contributed by atoms with Crippen LogP contribution in [0.3, 0.4) is 0 Å². The summed E-state index contributed by atoms with van der Waals surface area (Å²) in [5.41, 5.74) is -0.906. The van der Waals surface area contributed by atoms with E-state index in [0.29, 0.717) is 23.6 Å². The molecule has 4 rings (SSSR count). The van der Waals surface area contributed by atoms with Gasteiger partial charge in [-0.15, -0.1) is 0 Å². The molecule has 3 aromatic rings. The number of hydrogen-bond acceptors (Lipinski definition) is 6. The number of nitrogens with zero attached hydrogens (tertiary/aromatic N) is 1. The van der Waals surface area contributed by atoms with Gasteiger partial charge in [-0.1, -0.05) is 23.7 Å². The molecule has 3 N–H and O–H groups in total. The first-order chi connectivity index (χ1) is 18.1. The molecule has 1 saturated heterocycles. The van der Waals surface area contributed by atoms with Gasteiger partial charge < -0.3 is 25.4 Å². The Balaban J connectivity index is 1.40. The third-order valence-corrected chi connectivity index (χ3v) is 6.23. The van der Waals surface area contributed by atoms with Gasteiger partial charge >= 0.3 is 6.18 Å². The fourth-order valence-electron chi connectivity index (χ4n) is 3.92. The minimum atomic E-state index is -4.57. The van der Waals surface area contributed by atoms with E-state index >= 15 is 0 Å². The van der Waals surface area contributed by atoms with Gasteiger partial charge in [0.25, 0.3) is 5.91 Å². The largest absolute Gasteiger partial charge is 0.495 e. The fourth-order valence-corrected chi connectivity index (χ4v) is 4.09. The molecule has 200 valence electrons. The van der Waals surface area contributed by atoms with Crippen molar-refractivity contribution in [2.75, 3.05) is 25.6 Å². The minimum Gasteiger partial charge on any atom is -0.495 e. The number of nitrogens with one attached hydrogen (secondary N) is 3. The van der Waals surface area contributed by atoms with E-state index in [4.69, 9.17) is 21.1 Å². The van der Waals surface area contributed by atoms with Crippen LogP contribution in [0.4, 0.5) is 24.5 Å². The minimum absolute atomic E-state index is 0.00740. The summed E-state index contributed by atoms with van der Waals surface area (Å²) in [5.74, 6) is -0.507. The molecule has 2 heterocycles. The second-order valence-corrected chi connectivity index (χ2v) is 9.08. The van der Waals surface area contributed by atoms with Gasteiger partial charge in [0.15, 0.2) is 0 Å². The maximum Gasteiger partial charge on any atom is 0.418 e. The molecule has 0 radical (unpaired) electrons. The Morgan fingerprint density at radius 1 is 1.13 bits per heavy atom. The summed E-state index contributed by atoms with van der Waals surface area (Å²) in [6.45, 7) is 0.439. The van der Waals surface area contributed by atoms with Crippen LogP contribution in [0.5, 0.6) is 5.75 Å². The van der Waals surface area contributed by atoms with Crippen LogP contribution in [-0.2, 0) is 22.3 Å². The lowest BCUT2D eigenvalue weighted by atomic mass is 9.96. The van der Waals surface area contributed by atoms with Gasteiger partial charge in [-0.2, -0.15) is 13.2 Å². The van der Waals surface area contributed by atoms with Crippen LogP contribution < -0.4 is 20.7 Å². The maximum atomic E-state index is 13.4. The maximum absolute atomic E-state index is 13.4. The smallest absolute Gasteiger partial charge is 0.418 e. The molecule has 1 aliphatic heterocycles. The number of rotatable bonds is 8. The quantitative estimate of drug-likeness (QED) is 0.377. The van der Waals surface area contributed by atoms with Crippen LogP contribution in [0, 0.1) is 0 Å². The molecule has 1 fully saturated rings. The van der Waals surface area contributed by atoms with Crippen molar-refractivity contribution in [1.29, 1.82) is 0 Å². The van der Waals surface area contributed by atoms with Gasteiger partial charge in [0, 0.05) is 36.5 Å². The first-order valence-corrected chi connectivity index (χ1v) is 11.9.